The largest absolute Gasteiger partial charge is 0.493 e. The molecule has 0 bridgehead atoms. The number of ether oxygens (including phenoxy) is 3. The number of aryl methyl sites for hydroxylation is 2. The minimum atomic E-state index is -0.718. The number of carbonyl (C=O) groups excluding carboxylic acids is 1. The Morgan fingerprint density at radius 2 is 1.68 bits per heavy atom. The van der Waals surface area contributed by atoms with Crippen LogP contribution in [-0.2, 0) is 24.1 Å². The van der Waals surface area contributed by atoms with Crippen LogP contribution in [0.2, 0.25) is 0 Å². The third kappa shape index (κ3) is 4.68. The summed E-state index contributed by atoms with van der Waals surface area (Å²) in [7, 11) is 3.10. The van der Waals surface area contributed by atoms with E-state index >= 15 is 0 Å². The van der Waals surface area contributed by atoms with Gasteiger partial charge in [0.05, 0.1) is 14.2 Å². The van der Waals surface area contributed by atoms with Crippen molar-refractivity contribution >= 4 is 22.7 Å². The van der Waals surface area contributed by atoms with Crippen molar-refractivity contribution in [3.05, 3.63) is 52.6 Å². The Hall–Kier alpha value is -3.68. The summed E-state index contributed by atoms with van der Waals surface area (Å²) in [5.74, 6) is 1.99. The summed E-state index contributed by atoms with van der Waals surface area (Å²) in [6.45, 7) is 0. The minimum absolute atomic E-state index is 0.0360. The molecule has 0 atom stereocenters. The molecule has 1 aromatic heterocycles. The first kappa shape index (κ1) is 24.6. The first-order valence-electron chi connectivity index (χ1n) is 13.6. The maximum Gasteiger partial charge on any atom is 0.437 e. The van der Waals surface area contributed by atoms with Crippen molar-refractivity contribution < 1.29 is 28.3 Å². The van der Waals surface area contributed by atoms with E-state index < -0.39 is 6.09 Å². The zero-order valence-corrected chi connectivity index (χ0v) is 22.1. The normalized spacial score (nSPS) is 18.3. The SMILES string of the molecule is COc1ccc(NC(=O)O/N=c2\oc3cc4c(cc3c3c2CCCC3)CCC2(CCCCC2)O4)cc1OC. The molecule has 0 unspecified atom stereocenters. The minimum Gasteiger partial charge on any atom is -0.493 e. The molecule has 1 spiro atoms. The molecule has 1 N–H and O–H groups in total. The van der Waals surface area contributed by atoms with Crippen LogP contribution in [0.4, 0.5) is 10.5 Å². The van der Waals surface area contributed by atoms with Crippen LogP contribution in [0.5, 0.6) is 17.2 Å². The van der Waals surface area contributed by atoms with Crippen LogP contribution in [0.25, 0.3) is 11.0 Å². The molecule has 3 aliphatic rings. The molecular weight excluding hydrogens is 484 g/mol. The fourth-order valence-electron chi connectivity index (χ4n) is 6.23. The molecule has 1 amide bonds. The number of fused-ring (bicyclic) bond motifs is 4. The van der Waals surface area contributed by atoms with Crippen LogP contribution in [0.3, 0.4) is 0 Å². The van der Waals surface area contributed by atoms with Crippen molar-refractivity contribution in [3.63, 3.8) is 0 Å². The van der Waals surface area contributed by atoms with Crippen LogP contribution in [0.15, 0.2) is 39.9 Å². The van der Waals surface area contributed by atoms with E-state index in [1.165, 1.54) is 37.5 Å². The quantitative estimate of drug-likeness (QED) is 0.317. The number of carbonyl (C=O) groups is 1. The summed E-state index contributed by atoms with van der Waals surface area (Å²) >= 11 is 0. The molecule has 6 rings (SSSR count). The van der Waals surface area contributed by atoms with Gasteiger partial charge in [-0.05, 0) is 98.7 Å². The zero-order chi connectivity index (χ0) is 26.1. The zero-order valence-electron chi connectivity index (χ0n) is 22.1. The van der Waals surface area contributed by atoms with E-state index in [9.17, 15) is 4.79 Å². The Balaban J connectivity index is 1.30. The number of methoxy groups -OCH3 is 2. The Morgan fingerprint density at radius 3 is 2.47 bits per heavy atom. The predicted octanol–water partition coefficient (Wildman–Crippen LogP) is 6.42. The van der Waals surface area contributed by atoms with Crippen molar-refractivity contribution in [3.8, 4) is 17.2 Å². The number of amides is 1. The molecule has 2 aliphatic carbocycles. The molecule has 1 fully saturated rings. The molecular formula is C30H34N2O6. The Morgan fingerprint density at radius 1 is 0.895 bits per heavy atom. The van der Waals surface area contributed by atoms with Crippen LogP contribution in [0, 0.1) is 0 Å². The highest BCUT2D eigenvalue weighted by atomic mass is 16.7. The average Bonchev–Trinajstić information content (AvgIpc) is 2.95. The molecule has 200 valence electrons. The van der Waals surface area contributed by atoms with Gasteiger partial charge in [0.1, 0.15) is 16.9 Å². The number of anilines is 1. The smallest absolute Gasteiger partial charge is 0.437 e. The molecule has 3 aromatic rings. The molecule has 8 heteroatoms. The van der Waals surface area contributed by atoms with E-state index in [4.69, 9.17) is 23.5 Å². The van der Waals surface area contributed by atoms with Crippen LogP contribution >= 0.6 is 0 Å². The van der Waals surface area contributed by atoms with E-state index in [1.54, 1.807) is 25.3 Å². The van der Waals surface area contributed by atoms with Gasteiger partial charge < -0.3 is 18.6 Å². The second-order valence-corrected chi connectivity index (χ2v) is 10.5. The summed E-state index contributed by atoms with van der Waals surface area (Å²) < 4.78 is 23.5. The standard InChI is InChI=1S/C30H34N2O6/c1-34-24-11-10-20(17-27(24)35-2)31-29(33)38-32-28-22-9-5-4-8-21(22)23-16-19-12-15-30(13-6-3-7-14-30)37-25(19)18-26(23)36-28/h10-11,16-18H,3-9,12-15H2,1-2H3,(H,31,33)/b32-28-. The first-order valence-corrected chi connectivity index (χ1v) is 13.6. The lowest BCUT2D eigenvalue weighted by molar-refractivity contribution is 0.0109. The maximum absolute atomic E-state index is 12.6. The molecule has 2 aromatic carbocycles. The molecule has 2 heterocycles. The third-order valence-electron chi connectivity index (χ3n) is 8.20. The fraction of sp³-hybridized carbons (Fsp3) is 0.467. The Kier molecular flexibility index (Phi) is 6.64. The van der Waals surface area contributed by atoms with E-state index in [0.29, 0.717) is 22.7 Å². The molecule has 1 saturated carbocycles. The second kappa shape index (κ2) is 10.2. The van der Waals surface area contributed by atoms with Gasteiger partial charge in [0, 0.05) is 28.8 Å². The second-order valence-electron chi connectivity index (χ2n) is 10.5. The number of benzene rings is 2. The van der Waals surface area contributed by atoms with Gasteiger partial charge in [0.2, 0.25) is 0 Å². The van der Waals surface area contributed by atoms with Gasteiger partial charge in [-0.1, -0.05) is 6.42 Å². The molecule has 1 aliphatic heterocycles. The topological polar surface area (TPSA) is 91.5 Å². The van der Waals surface area contributed by atoms with Crippen LogP contribution in [-0.4, -0.2) is 25.9 Å². The lowest BCUT2D eigenvalue weighted by Gasteiger charge is -2.41. The number of nitrogens with one attached hydrogen (secondary N) is 1. The number of hydrogen-bond donors (Lipinski definition) is 1. The van der Waals surface area contributed by atoms with E-state index in [2.05, 4.69) is 16.5 Å². The fourth-order valence-corrected chi connectivity index (χ4v) is 6.23. The van der Waals surface area contributed by atoms with Crippen molar-refractivity contribution in [1.82, 2.24) is 0 Å². The first-order chi connectivity index (χ1) is 18.6. The number of nitrogens with zero attached hydrogens (tertiary/aromatic N) is 1. The van der Waals surface area contributed by atoms with Gasteiger partial charge in [-0.25, -0.2) is 4.79 Å². The lowest BCUT2D eigenvalue weighted by Crippen LogP contribution is -2.41. The highest BCUT2D eigenvalue weighted by molar-refractivity contribution is 5.85. The molecule has 0 radical (unpaired) electrons. The lowest BCUT2D eigenvalue weighted by atomic mass is 9.78. The highest BCUT2D eigenvalue weighted by Gasteiger charge is 2.37. The van der Waals surface area contributed by atoms with Crippen molar-refractivity contribution in [2.75, 3.05) is 19.5 Å². The number of rotatable bonds is 4. The van der Waals surface area contributed by atoms with Gasteiger partial charge in [-0.2, -0.15) is 0 Å². The predicted molar refractivity (Wildman–Crippen MR) is 143 cm³/mol. The van der Waals surface area contributed by atoms with Gasteiger partial charge in [-0.15, -0.1) is 0 Å². The summed E-state index contributed by atoms with van der Waals surface area (Å²) in [4.78, 5) is 17.8. The Bertz CT molecular complexity index is 1440. The molecule has 0 saturated heterocycles. The van der Waals surface area contributed by atoms with Gasteiger partial charge in [0.15, 0.2) is 11.5 Å². The third-order valence-corrected chi connectivity index (χ3v) is 8.20. The van der Waals surface area contributed by atoms with E-state index in [-0.39, 0.29) is 5.60 Å². The molecule has 38 heavy (non-hydrogen) atoms. The summed E-state index contributed by atoms with van der Waals surface area (Å²) in [5, 5.41) is 7.96. The average molecular weight is 519 g/mol. The van der Waals surface area contributed by atoms with Crippen LogP contribution < -0.4 is 25.1 Å². The summed E-state index contributed by atoms with van der Waals surface area (Å²) in [6.07, 6.45) is 11.3. The van der Waals surface area contributed by atoms with Crippen LogP contribution in [0.1, 0.15) is 68.1 Å². The summed E-state index contributed by atoms with van der Waals surface area (Å²) in [6, 6.07) is 9.35. The van der Waals surface area contributed by atoms with Crippen molar-refractivity contribution in [1.29, 1.82) is 0 Å². The van der Waals surface area contributed by atoms with Gasteiger partial charge >= 0.3 is 6.09 Å². The number of hydrogen-bond acceptors (Lipinski definition) is 7. The summed E-state index contributed by atoms with van der Waals surface area (Å²) in [5.41, 5.74) is 5.04. The molecule has 8 nitrogen and oxygen atoms in total. The van der Waals surface area contributed by atoms with Gasteiger partial charge in [0.25, 0.3) is 5.55 Å². The van der Waals surface area contributed by atoms with Crippen molar-refractivity contribution in [2.45, 2.75) is 76.2 Å². The maximum atomic E-state index is 12.6. The van der Waals surface area contributed by atoms with Gasteiger partial charge in [-0.3, -0.25) is 10.2 Å². The highest BCUT2D eigenvalue weighted by Crippen LogP contribution is 2.43. The monoisotopic (exact) mass is 518 g/mol. The van der Waals surface area contributed by atoms with Crippen molar-refractivity contribution in [2.24, 2.45) is 5.16 Å². The van der Waals surface area contributed by atoms with E-state index in [0.717, 1.165) is 73.6 Å². The Labute approximate surface area is 221 Å². The van der Waals surface area contributed by atoms with E-state index in [1.807, 2.05) is 6.07 Å².